The Morgan fingerprint density at radius 3 is 2.26 bits per heavy atom. The fourth-order valence-corrected chi connectivity index (χ4v) is 3.73. The van der Waals surface area contributed by atoms with Crippen LogP contribution in [0, 0.1) is 24.7 Å². The number of benzene rings is 1. The molecule has 1 aromatic rings. The Morgan fingerprint density at radius 1 is 1.17 bits per heavy atom. The zero-order valence-electron chi connectivity index (χ0n) is 15.3. The topological polar surface area (TPSA) is 32.3 Å². The number of aryl methyl sites for hydroxylation is 2. The summed E-state index contributed by atoms with van der Waals surface area (Å²) in [5.41, 5.74) is 5.29. The van der Waals surface area contributed by atoms with Gasteiger partial charge in [-0.15, -0.1) is 0 Å². The number of amides is 1. The fourth-order valence-electron chi connectivity index (χ4n) is 3.73. The van der Waals surface area contributed by atoms with Crippen LogP contribution in [0.15, 0.2) is 12.1 Å². The smallest absolute Gasteiger partial charge is 0.224 e. The number of rotatable bonds is 3. The molecule has 0 bridgehead atoms. The van der Waals surface area contributed by atoms with Crippen molar-refractivity contribution in [3.8, 4) is 0 Å². The van der Waals surface area contributed by atoms with Gasteiger partial charge in [0.15, 0.2) is 0 Å². The Kier molecular flexibility index (Phi) is 3.94. The van der Waals surface area contributed by atoms with Crippen molar-refractivity contribution in [1.82, 2.24) is 0 Å². The van der Waals surface area contributed by atoms with E-state index in [1.54, 1.807) is 0 Å². The molecular weight excluding hydrogens is 284 g/mol. The highest BCUT2D eigenvalue weighted by atomic mass is 16.1. The molecule has 1 N–H and O–H groups in total. The third-order valence-corrected chi connectivity index (χ3v) is 5.23. The van der Waals surface area contributed by atoms with Crippen molar-refractivity contribution in [3.63, 3.8) is 0 Å². The summed E-state index contributed by atoms with van der Waals surface area (Å²) < 4.78 is 0. The minimum atomic E-state index is 0.0139. The molecule has 1 aliphatic heterocycles. The van der Waals surface area contributed by atoms with Crippen molar-refractivity contribution in [2.24, 2.45) is 10.8 Å². The number of carbonyl (C=O) groups excluding carboxylic acids is 1. The third-order valence-electron chi connectivity index (χ3n) is 5.23. The van der Waals surface area contributed by atoms with Crippen LogP contribution in [0.2, 0.25) is 0 Å². The summed E-state index contributed by atoms with van der Waals surface area (Å²) in [6, 6.07) is 4.47. The quantitative estimate of drug-likeness (QED) is 0.879. The summed E-state index contributed by atoms with van der Waals surface area (Å²) in [7, 11) is 0. The van der Waals surface area contributed by atoms with Gasteiger partial charge in [0.2, 0.25) is 5.91 Å². The molecule has 126 valence electrons. The van der Waals surface area contributed by atoms with Crippen LogP contribution >= 0.6 is 0 Å². The molecule has 0 unspecified atom stereocenters. The van der Waals surface area contributed by atoms with Crippen LogP contribution in [0.4, 0.5) is 11.4 Å². The lowest BCUT2D eigenvalue weighted by Crippen LogP contribution is -2.22. The Hall–Kier alpha value is -1.51. The molecule has 1 saturated carbocycles. The van der Waals surface area contributed by atoms with Crippen LogP contribution in [-0.4, -0.2) is 19.0 Å². The Morgan fingerprint density at radius 2 is 1.78 bits per heavy atom. The van der Waals surface area contributed by atoms with Gasteiger partial charge in [-0.2, -0.15) is 0 Å². The zero-order valence-corrected chi connectivity index (χ0v) is 15.3. The van der Waals surface area contributed by atoms with E-state index < -0.39 is 0 Å². The minimum Gasteiger partial charge on any atom is -0.371 e. The average molecular weight is 314 g/mol. The molecule has 1 aromatic carbocycles. The normalized spacial score (nSPS) is 19.3. The van der Waals surface area contributed by atoms with E-state index in [-0.39, 0.29) is 11.3 Å². The maximum atomic E-state index is 12.2. The van der Waals surface area contributed by atoms with Gasteiger partial charge in [-0.1, -0.05) is 20.8 Å². The Bertz CT molecular complexity index is 600. The second-order valence-corrected chi connectivity index (χ2v) is 8.91. The molecule has 1 heterocycles. The van der Waals surface area contributed by atoms with E-state index in [1.807, 2.05) is 0 Å². The monoisotopic (exact) mass is 314 g/mol. The highest BCUT2D eigenvalue weighted by Crippen LogP contribution is 2.53. The molecule has 2 fully saturated rings. The van der Waals surface area contributed by atoms with E-state index in [4.69, 9.17) is 0 Å². The molecule has 1 amide bonds. The lowest BCUT2D eigenvalue weighted by Gasteiger charge is -2.23. The predicted octanol–water partition coefficient (Wildman–Crippen LogP) is 4.67. The molecule has 3 nitrogen and oxygen atoms in total. The predicted molar refractivity (Wildman–Crippen MR) is 97.1 cm³/mol. The number of nitrogens with zero attached hydrogens (tertiary/aromatic N) is 1. The highest BCUT2D eigenvalue weighted by molar-refractivity contribution is 5.93. The van der Waals surface area contributed by atoms with E-state index in [0.717, 1.165) is 5.69 Å². The maximum Gasteiger partial charge on any atom is 0.224 e. The van der Waals surface area contributed by atoms with Gasteiger partial charge in [-0.25, -0.2) is 0 Å². The molecule has 1 spiro atoms. The zero-order chi connectivity index (χ0) is 16.8. The average Bonchev–Trinajstić information content (AvgIpc) is 3.01. The van der Waals surface area contributed by atoms with Crippen LogP contribution < -0.4 is 10.2 Å². The molecule has 2 aliphatic rings. The van der Waals surface area contributed by atoms with E-state index in [2.05, 4.69) is 57.0 Å². The lowest BCUT2D eigenvalue weighted by molar-refractivity contribution is -0.117. The molecule has 0 atom stereocenters. The summed E-state index contributed by atoms with van der Waals surface area (Å²) in [5.74, 6) is 0.106. The lowest BCUT2D eigenvalue weighted by atomic mass is 9.92. The van der Waals surface area contributed by atoms with Crippen molar-refractivity contribution < 1.29 is 4.79 Å². The molecule has 3 rings (SSSR count). The van der Waals surface area contributed by atoms with Crippen LogP contribution in [-0.2, 0) is 4.79 Å². The molecule has 0 radical (unpaired) electrons. The summed E-state index contributed by atoms with van der Waals surface area (Å²) >= 11 is 0. The number of anilines is 2. The first-order chi connectivity index (χ1) is 10.7. The van der Waals surface area contributed by atoms with Crippen LogP contribution in [0.1, 0.15) is 57.6 Å². The second-order valence-electron chi connectivity index (χ2n) is 8.91. The number of hydrogen-bond donors (Lipinski definition) is 1. The van der Waals surface area contributed by atoms with E-state index in [9.17, 15) is 4.79 Å². The first-order valence-corrected chi connectivity index (χ1v) is 8.84. The van der Waals surface area contributed by atoms with E-state index in [1.165, 1.54) is 49.2 Å². The van der Waals surface area contributed by atoms with Crippen molar-refractivity contribution in [2.75, 3.05) is 23.3 Å². The van der Waals surface area contributed by atoms with E-state index in [0.29, 0.717) is 11.8 Å². The molecule has 1 saturated heterocycles. The van der Waals surface area contributed by atoms with Crippen LogP contribution in [0.5, 0.6) is 0 Å². The van der Waals surface area contributed by atoms with Crippen LogP contribution in [0.3, 0.4) is 0 Å². The largest absolute Gasteiger partial charge is 0.371 e. The highest BCUT2D eigenvalue weighted by Gasteiger charge is 2.47. The standard InChI is InChI=1S/C20H30N2O/c1-14-10-16(22-9-8-20(13-22)6-7-20)11-15(2)18(14)21-17(23)12-19(3,4)5/h10-11H,6-9,12-13H2,1-5H3,(H,21,23). The number of carbonyl (C=O) groups is 1. The molecule has 3 heteroatoms. The minimum absolute atomic E-state index is 0.0139. The fraction of sp³-hybridized carbons (Fsp3) is 0.650. The molecule has 0 aromatic heterocycles. The van der Waals surface area contributed by atoms with Gasteiger partial charge in [0.25, 0.3) is 0 Å². The number of nitrogens with one attached hydrogen (secondary N) is 1. The van der Waals surface area contributed by atoms with Gasteiger partial charge in [-0.3, -0.25) is 4.79 Å². The summed E-state index contributed by atoms with van der Waals surface area (Å²) in [4.78, 5) is 14.8. The van der Waals surface area contributed by atoms with Gasteiger partial charge < -0.3 is 10.2 Å². The van der Waals surface area contributed by atoms with Gasteiger partial charge in [0.1, 0.15) is 0 Å². The molecule has 1 aliphatic carbocycles. The Balaban J connectivity index is 1.74. The SMILES string of the molecule is Cc1cc(N2CCC3(CC3)C2)cc(C)c1NC(=O)CC(C)(C)C. The summed E-state index contributed by atoms with van der Waals surface area (Å²) in [5, 5.41) is 3.12. The van der Waals surface area contributed by atoms with Gasteiger partial charge >= 0.3 is 0 Å². The summed E-state index contributed by atoms with van der Waals surface area (Å²) in [6.45, 7) is 12.9. The van der Waals surface area contributed by atoms with E-state index >= 15 is 0 Å². The molecular formula is C20H30N2O. The van der Waals surface area contributed by atoms with Crippen LogP contribution in [0.25, 0.3) is 0 Å². The number of hydrogen-bond acceptors (Lipinski definition) is 2. The summed E-state index contributed by atoms with van der Waals surface area (Å²) in [6.07, 6.45) is 4.70. The maximum absolute atomic E-state index is 12.2. The third kappa shape index (κ3) is 3.70. The van der Waals surface area contributed by atoms with Crippen molar-refractivity contribution in [2.45, 2.75) is 60.3 Å². The first-order valence-electron chi connectivity index (χ1n) is 8.84. The van der Waals surface area contributed by atoms with Crippen molar-refractivity contribution >= 4 is 17.3 Å². The Labute approximate surface area is 140 Å². The van der Waals surface area contributed by atoms with Gasteiger partial charge in [0, 0.05) is 30.9 Å². The van der Waals surface area contributed by atoms with Gasteiger partial charge in [0.05, 0.1) is 0 Å². The first kappa shape index (κ1) is 16.4. The van der Waals surface area contributed by atoms with Gasteiger partial charge in [-0.05, 0) is 67.2 Å². The molecule has 23 heavy (non-hydrogen) atoms. The van der Waals surface area contributed by atoms with Crippen molar-refractivity contribution in [3.05, 3.63) is 23.3 Å². The second kappa shape index (κ2) is 5.54. The van der Waals surface area contributed by atoms with Crippen molar-refractivity contribution in [1.29, 1.82) is 0 Å².